The van der Waals surface area contributed by atoms with Crippen molar-refractivity contribution in [3.63, 3.8) is 0 Å². The van der Waals surface area contributed by atoms with E-state index in [1.807, 2.05) is 60.8 Å². The van der Waals surface area contributed by atoms with E-state index in [1.165, 1.54) is 0 Å². The Labute approximate surface area is 110 Å². The highest BCUT2D eigenvalue weighted by Gasteiger charge is 2.07. The van der Waals surface area contributed by atoms with E-state index >= 15 is 0 Å². The second-order valence-electron chi connectivity index (χ2n) is 3.98. The molecule has 0 aliphatic rings. The van der Waals surface area contributed by atoms with Gasteiger partial charge in [-0.1, -0.05) is 60.1 Å². The zero-order valence-electron chi connectivity index (χ0n) is 9.60. The van der Waals surface area contributed by atoms with Crippen LogP contribution in [0.5, 0.6) is 0 Å². The number of hydrogen-bond acceptors (Lipinski definition) is 1. The van der Waals surface area contributed by atoms with Crippen LogP contribution in [0.3, 0.4) is 0 Å². The van der Waals surface area contributed by atoms with Gasteiger partial charge in [0, 0.05) is 17.3 Å². The Balaban J connectivity index is 2.03. The number of hydrogen-bond donors (Lipinski definition) is 1. The van der Waals surface area contributed by atoms with Crippen molar-refractivity contribution in [2.24, 2.45) is 0 Å². The molecule has 1 aromatic heterocycles. The minimum atomic E-state index is 0.712. The molecule has 0 saturated heterocycles. The molecule has 1 heterocycles. The number of aromatic amines is 1. The van der Waals surface area contributed by atoms with Gasteiger partial charge in [0.2, 0.25) is 0 Å². The molecule has 88 valence electrons. The first-order valence-corrected chi connectivity index (χ1v) is 6.08. The molecule has 2 nitrogen and oxygen atoms in total. The van der Waals surface area contributed by atoms with Gasteiger partial charge in [-0.3, -0.25) is 0 Å². The molecule has 0 bridgehead atoms. The Morgan fingerprint density at radius 2 is 1.61 bits per heavy atom. The third kappa shape index (κ3) is 2.03. The molecular formula is C15H11ClN2. The number of imidazole rings is 1. The quantitative estimate of drug-likeness (QED) is 0.722. The van der Waals surface area contributed by atoms with Crippen molar-refractivity contribution >= 4 is 11.6 Å². The molecule has 18 heavy (non-hydrogen) atoms. The molecule has 0 unspecified atom stereocenters. The summed E-state index contributed by atoms with van der Waals surface area (Å²) in [4.78, 5) is 7.75. The number of aromatic nitrogens is 2. The summed E-state index contributed by atoms with van der Waals surface area (Å²) in [7, 11) is 0. The smallest absolute Gasteiger partial charge is 0.138 e. The topological polar surface area (TPSA) is 28.7 Å². The van der Waals surface area contributed by atoms with Gasteiger partial charge in [0.15, 0.2) is 0 Å². The third-order valence-electron chi connectivity index (χ3n) is 2.77. The Morgan fingerprint density at radius 1 is 0.889 bits per heavy atom. The van der Waals surface area contributed by atoms with E-state index < -0.39 is 0 Å². The van der Waals surface area contributed by atoms with Crippen molar-refractivity contribution in [1.82, 2.24) is 9.97 Å². The molecule has 0 spiro atoms. The first-order valence-electron chi connectivity index (χ1n) is 5.70. The van der Waals surface area contributed by atoms with Gasteiger partial charge < -0.3 is 4.98 Å². The van der Waals surface area contributed by atoms with Crippen LogP contribution in [0.4, 0.5) is 0 Å². The van der Waals surface area contributed by atoms with Crippen molar-refractivity contribution in [3.05, 3.63) is 65.8 Å². The van der Waals surface area contributed by atoms with Crippen LogP contribution in [0, 0.1) is 0 Å². The van der Waals surface area contributed by atoms with Gasteiger partial charge in [-0.25, -0.2) is 4.98 Å². The predicted octanol–water partition coefficient (Wildman–Crippen LogP) is 4.40. The summed E-state index contributed by atoms with van der Waals surface area (Å²) in [6.07, 6.45) is 1.88. The zero-order chi connectivity index (χ0) is 12.4. The van der Waals surface area contributed by atoms with E-state index in [4.69, 9.17) is 11.6 Å². The fourth-order valence-corrected chi connectivity index (χ4v) is 2.11. The molecule has 0 amide bonds. The second kappa shape index (κ2) is 4.67. The van der Waals surface area contributed by atoms with Gasteiger partial charge >= 0.3 is 0 Å². The lowest BCUT2D eigenvalue weighted by Crippen LogP contribution is -1.81. The maximum Gasteiger partial charge on any atom is 0.138 e. The van der Waals surface area contributed by atoms with E-state index in [0.717, 1.165) is 22.6 Å². The summed E-state index contributed by atoms with van der Waals surface area (Å²) in [6.45, 7) is 0. The monoisotopic (exact) mass is 254 g/mol. The second-order valence-corrected chi connectivity index (χ2v) is 4.39. The molecule has 3 aromatic rings. The molecule has 0 atom stereocenters. The highest BCUT2D eigenvalue weighted by Crippen LogP contribution is 2.27. The maximum absolute atomic E-state index is 6.16. The summed E-state index contributed by atoms with van der Waals surface area (Å²) in [5.41, 5.74) is 2.87. The van der Waals surface area contributed by atoms with Crippen LogP contribution in [-0.4, -0.2) is 9.97 Å². The van der Waals surface area contributed by atoms with E-state index in [0.29, 0.717) is 5.02 Å². The van der Waals surface area contributed by atoms with Gasteiger partial charge in [0.25, 0.3) is 0 Å². The molecule has 0 aliphatic heterocycles. The average molecular weight is 255 g/mol. The third-order valence-corrected chi connectivity index (χ3v) is 3.10. The van der Waals surface area contributed by atoms with Crippen LogP contribution in [-0.2, 0) is 0 Å². The number of rotatable bonds is 2. The number of nitrogens with zero attached hydrogens (tertiary/aromatic N) is 1. The van der Waals surface area contributed by atoms with Crippen molar-refractivity contribution in [2.45, 2.75) is 0 Å². The first kappa shape index (κ1) is 11.1. The number of halogens is 1. The number of benzene rings is 2. The van der Waals surface area contributed by atoms with Crippen LogP contribution in [0.25, 0.3) is 22.6 Å². The highest BCUT2D eigenvalue weighted by molar-refractivity contribution is 6.33. The predicted molar refractivity (Wildman–Crippen MR) is 74.5 cm³/mol. The summed E-state index contributed by atoms with van der Waals surface area (Å²) in [6, 6.07) is 17.7. The highest BCUT2D eigenvalue weighted by atomic mass is 35.5. The van der Waals surface area contributed by atoms with Crippen LogP contribution >= 0.6 is 11.6 Å². The molecule has 3 heteroatoms. The van der Waals surface area contributed by atoms with Gasteiger partial charge in [-0.2, -0.15) is 0 Å². The maximum atomic E-state index is 6.16. The minimum absolute atomic E-state index is 0.712. The molecular weight excluding hydrogens is 244 g/mol. The fraction of sp³-hybridized carbons (Fsp3) is 0. The average Bonchev–Trinajstić information content (AvgIpc) is 2.90. The van der Waals surface area contributed by atoms with Crippen LogP contribution in [0.1, 0.15) is 0 Å². The lowest BCUT2D eigenvalue weighted by Gasteiger charge is -1.98. The van der Waals surface area contributed by atoms with Crippen molar-refractivity contribution in [2.75, 3.05) is 0 Å². The van der Waals surface area contributed by atoms with Crippen molar-refractivity contribution < 1.29 is 0 Å². The van der Waals surface area contributed by atoms with Crippen LogP contribution in [0.2, 0.25) is 5.02 Å². The Kier molecular flexibility index (Phi) is 2.87. The molecule has 0 aliphatic carbocycles. The Bertz CT molecular complexity index is 659. The van der Waals surface area contributed by atoms with Crippen molar-refractivity contribution in [3.8, 4) is 22.6 Å². The number of nitrogens with one attached hydrogen (secondary N) is 1. The van der Waals surface area contributed by atoms with E-state index in [9.17, 15) is 0 Å². The van der Waals surface area contributed by atoms with Gasteiger partial charge in [-0.15, -0.1) is 0 Å². The van der Waals surface area contributed by atoms with Crippen LogP contribution < -0.4 is 0 Å². The molecule has 2 aromatic carbocycles. The SMILES string of the molecule is Clc1ccccc1-c1c[nH]c(-c2ccccc2)n1. The van der Waals surface area contributed by atoms with Gasteiger partial charge in [0.05, 0.1) is 10.7 Å². The van der Waals surface area contributed by atoms with Gasteiger partial charge in [-0.05, 0) is 6.07 Å². The lowest BCUT2D eigenvalue weighted by atomic mass is 10.2. The molecule has 0 fully saturated rings. The largest absolute Gasteiger partial charge is 0.344 e. The van der Waals surface area contributed by atoms with Gasteiger partial charge in [0.1, 0.15) is 5.82 Å². The molecule has 0 saturated carbocycles. The fourth-order valence-electron chi connectivity index (χ4n) is 1.87. The van der Waals surface area contributed by atoms with E-state index in [2.05, 4.69) is 9.97 Å². The summed E-state index contributed by atoms with van der Waals surface area (Å²) < 4.78 is 0. The van der Waals surface area contributed by atoms with E-state index in [1.54, 1.807) is 0 Å². The summed E-state index contributed by atoms with van der Waals surface area (Å²) >= 11 is 6.16. The first-order chi connectivity index (χ1) is 8.84. The Hall–Kier alpha value is -2.06. The molecule has 3 rings (SSSR count). The number of H-pyrrole nitrogens is 1. The normalized spacial score (nSPS) is 10.5. The lowest BCUT2D eigenvalue weighted by molar-refractivity contribution is 1.31. The Morgan fingerprint density at radius 3 is 2.39 bits per heavy atom. The van der Waals surface area contributed by atoms with Crippen LogP contribution in [0.15, 0.2) is 60.8 Å². The zero-order valence-corrected chi connectivity index (χ0v) is 10.4. The van der Waals surface area contributed by atoms with E-state index in [-0.39, 0.29) is 0 Å². The van der Waals surface area contributed by atoms with Crippen molar-refractivity contribution in [1.29, 1.82) is 0 Å². The minimum Gasteiger partial charge on any atom is -0.344 e. The molecule has 1 N–H and O–H groups in total. The standard InChI is InChI=1S/C15H11ClN2/c16-13-9-5-4-8-12(13)14-10-17-15(18-14)11-6-2-1-3-7-11/h1-10H,(H,17,18). The molecule has 0 radical (unpaired) electrons. The summed E-state index contributed by atoms with van der Waals surface area (Å²) in [5, 5.41) is 0.712. The summed E-state index contributed by atoms with van der Waals surface area (Å²) in [5.74, 6) is 0.852.